The topological polar surface area (TPSA) is 72.4 Å². The number of nitrogens with two attached hydrogens (primary N) is 1. The zero-order valence-corrected chi connectivity index (χ0v) is 12.6. The Balaban J connectivity index is 0.00000162. The fraction of sp³-hybridized carbons (Fsp3) is 0.667. The summed E-state index contributed by atoms with van der Waals surface area (Å²) in [5, 5.41) is 0. The monoisotopic (exact) mass is 309 g/mol. The van der Waals surface area contributed by atoms with Gasteiger partial charge in [0.15, 0.2) is 6.39 Å². The highest BCUT2D eigenvalue weighted by Crippen LogP contribution is 2.21. The van der Waals surface area contributed by atoms with Crippen molar-refractivity contribution in [2.24, 2.45) is 11.7 Å². The van der Waals surface area contributed by atoms with Crippen LogP contribution in [-0.4, -0.2) is 35.4 Å². The maximum Gasteiger partial charge on any atom is 0.291 e. The van der Waals surface area contributed by atoms with Gasteiger partial charge in [-0.25, -0.2) is 4.98 Å². The molecule has 1 amide bonds. The first-order valence-corrected chi connectivity index (χ1v) is 6.11. The van der Waals surface area contributed by atoms with Crippen LogP contribution in [0.4, 0.5) is 0 Å². The number of amides is 1. The van der Waals surface area contributed by atoms with Crippen LogP contribution in [0.1, 0.15) is 35.5 Å². The Morgan fingerprint density at radius 1 is 1.58 bits per heavy atom. The molecule has 0 radical (unpaired) electrons. The van der Waals surface area contributed by atoms with E-state index >= 15 is 0 Å². The van der Waals surface area contributed by atoms with E-state index in [1.165, 1.54) is 6.39 Å². The van der Waals surface area contributed by atoms with Gasteiger partial charge in [0.2, 0.25) is 5.76 Å². The second-order valence-electron chi connectivity index (χ2n) is 4.60. The van der Waals surface area contributed by atoms with Crippen molar-refractivity contribution >= 4 is 30.7 Å². The first kappa shape index (κ1) is 18.2. The zero-order valence-electron chi connectivity index (χ0n) is 11.0. The number of hydrogen-bond acceptors (Lipinski definition) is 4. The molecule has 0 spiro atoms. The van der Waals surface area contributed by atoms with Crippen molar-refractivity contribution < 1.29 is 9.21 Å². The van der Waals surface area contributed by atoms with Crippen LogP contribution >= 0.6 is 24.8 Å². The molecule has 2 N–H and O–H groups in total. The van der Waals surface area contributed by atoms with Gasteiger partial charge < -0.3 is 15.1 Å². The van der Waals surface area contributed by atoms with Crippen LogP contribution in [0.2, 0.25) is 0 Å². The molecule has 1 aliphatic rings. The third kappa shape index (κ3) is 4.37. The Kier molecular flexibility index (Phi) is 8.06. The van der Waals surface area contributed by atoms with Gasteiger partial charge in [0.1, 0.15) is 0 Å². The van der Waals surface area contributed by atoms with E-state index in [0.717, 1.165) is 32.4 Å². The average molecular weight is 310 g/mol. The number of likely N-dealkylation sites (tertiary alicyclic amines) is 1. The molecule has 19 heavy (non-hydrogen) atoms. The lowest BCUT2D eigenvalue weighted by molar-refractivity contribution is 0.0636. The number of halogens is 2. The molecule has 1 unspecified atom stereocenters. The normalized spacial score (nSPS) is 18.4. The first-order valence-electron chi connectivity index (χ1n) is 6.11. The molecule has 1 aromatic rings. The number of carbonyl (C=O) groups excluding carboxylic acids is 1. The summed E-state index contributed by atoms with van der Waals surface area (Å²) < 4.78 is 5.15. The van der Waals surface area contributed by atoms with Gasteiger partial charge in [-0.05, 0) is 38.6 Å². The molecule has 1 aliphatic heterocycles. The molecule has 1 saturated heterocycles. The van der Waals surface area contributed by atoms with E-state index < -0.39 is 0 Å². The zero-order chi connectivity index (χ0) is 12.3. The van der Waals surface area contributed by atoms with Crippen molar-refractivity contribution in [2.45, 2.75) is 26.2 Å². The fourth-order valence-corrected chi connectivity index (χ4v) is 2.37. The highest BCUT2D eigenvalue weighted by Gasteiger charge is 2.26. The summed E-state index contributed by atoms with van der Waals surface area (Å²) in [6, 6.07) is 0. The molecule has 0 bridgehead atoms. The summed E-state index contributed by atoms with van der Waals surface area (Å²) in [5.74, 6) is 0.862. The van der Waals surface area contributed by atoms with Gasteiger partial charge in [-0.1, -0.05) is 0 Å². The van der Waals surface area contributed by atoms with Gasteiger partial charge in [0.05, 0.1) is 5.69 Å². The second-order valence-corrected chi connectivity index (χ2v) is 4.60. The Hall–Kier alpha value is -0.780. The molecular weight excluding hydrogens is 289 g/mol. The third-order valence-corrected chi connectivity index (χ3v) is 3.32. The van der Waals surface area contributed by atoms with Crippen LogP contribution in [0.3, 0.4) is 0 Å². The Morgan fingerprint density at radius 3 is 2.89 bits per heavy atom. The van der Waals surface area contributed by atoms with Crippen LogP contribution in [-0.2, 0) is 0 Å². The smallest absolute Gasteiger partial charge is 0.291 e. The number of aryl methyl sites for hydroxylation is 1. The number of aromatic nitrogens is 1. The minimum absolute atomic E-state index is 0. The second kappa shape index (κ2) is 8.40. The number of piperidine rings is 1. The molecule has 2 heterocycles. The van der Waals surface area contributed by atoms with Gasteiger partial charge in [0, 0.05) is 13.1 Å². The van der Waals surface area contributed by atoms with Crippen molar-refractivity contribution in [3.8, 4) is 0 Å². The molecule has 0 aromatic carbocycles. The van der Waals surface area contributed by atoms with Crippen LogP contribution in [0.15, 0.2) is 10.8 Å². The number of rotatable bonds is 3. The summed E-state index contributed by atoms with van der Waals surface area (Å²) in [6.45, 7) is 4.07. The van der Waals surface area contributed by atoms with Gasteiger partial charge in [-0.2, -0.15) is 0 Å². The summed E-state index contributed by atoms with van der Waals surface area (Å²) in [4.78, 5) is 18.0. The highest BCUT2D eigenvalue weighted by atomic mass is 35.5. The number of oxazole rings is 1. The maximum absolute atomic E-state index is 12.2. The standard InChI is InChI=1S/C12H19N3O2.2ClH/c1-9-11(17-8-14-9)12(16)15-6-2-3-10(7-15)4-5-13;;/h8,10H,2-7,13H2,1H3;2*1H. The van der Waals surface area contributed by atoms with E-state index in [1.807, 2.05) is 4.90 Å². The van der Waals surface area contributed by atoms with Crippen molar-refractivity contribution in [1.82, 2.24) is 9.88 Å². The summed E-state index contributed by atoms with van der Waals surface area (Å²) in [5.41, 5.74) is 6.23. The van der Waals surface area contributed by atoms with Crippen molar-refractivity contribution in [3.63, 3.8) is 0 Å². The lowest BCUT2D eigenvalue weighted by atomic mass is 9.94. The summed E-state index contributed by atoms with van der Waals surface area (Å²) in [6.07, 6.45) is 4.52. The fourth-order valence-electron chi connectivity index (χ4n) is 2.37. The van der Waals surface area contributed by atoms with Crippen LogP contribution in [0, 0.1) is 12.8 Å². The first-order chi connectivity index (χ1) is 8.22. The van der Waals surface area contributed by atoms with Gasteiger partial charge >= 0.3 is 0 Å². The molecular formula is C12H21Cl2N3O2. The van der Waals surface area contributed by atoms with E-state index in [2.05, 4.69) is 4.98 Å². The quantitative estimate of drug-likeness (QED) is 0.927. The lowest BCUT2D eigenvalue weighted by Crippen LogP contribution is -2.40. The molecule has 5 nitrogen and oxygen atoms in total. The summed E-state index contributed by atoms with van der Waals surface area (Å²) >= 11 is 0. The predicted octanol–water partition coefficient (Wildman–Crippen LogP) is 2.03. The van der Waals surface area contributed by atoms with Crippen LogP contribution < -0.4 is 5.73 Å². The Morgan fingerprint density at radius 2 is 2.32 bits per heavy atom. The van der Waals surface area contributed by atoms with E-state index in [0.29, 0.717) is 23.9 Å². The van der Waals surface area contributed by atoms with E-state index in [4.69, 9.17) is 10.2 Å². The van der Waals surface area contributed by atoms with Gasteiger partial charge in [-0.15, -0.1) is 24.8 Å². The molecule has 1 atom stereocenters. The van der Waals surface area contributed by atoms with Crippen LogP contribution in [0.25, 0.3) is 0 Å². The average Bonchev–Trinajstić information content (AvgIpc) is 2.75. The number of nitrogens with zero attached hydrogens (tertiary/aromatic N) is 2. The van der Waals surface area contributed by atoms with E-state index in [9.17, 15) is 4.79 Å². The predicted molar refractivity (Wildman–Crippen MR) is 78.0 cm³/mol. The molecule has 0 saturated carbocycles. The van der Waals surface area contributed by atoms with E-state index in [-0.39, 0.29) is 30.7 Å². The molecule has 0 aliphatic carbocycles. The SMILES string of the molecule is Cc1ncoc1C(=O)N1CCCC(CCN)C1.Cl.Cl. The van der Waals surface area contributed by atoms with Gasteiger partial charge in [0.25, 0.3) is 5.91 Å². The Labute approximate surface area is 125 Å². The van der Waals surface area contributed by atoms with Crippen molar-refractivity contribution in [1.29, 1.82) is 0 Å². The lowest BCUT2D eigenvalue weighted by Gasteiger charge is -2.32. The Bertz CT molecular complexity index is 396. The van der Waals surface area contributed by atoms with Crippen molar-refractivity contribution in [2.75, 3.05) is 19.6 Å². The molecule has 7 heteroatoms. The molecule has 2 rings (SSSR count). The molecule has 1 fully saturated rings. The van der Waals surface area contributed by atoms with Crippen LogP contribution in [0.5, 0.6) is 0 Å². The highest BCUT2D eigenvalue weighted by molar-refractivity contribution is 5.92. The largest absolute Gasteiger partial charge is 0.438 e. The minimum Gasteiger partial charge on any atom is -0.438 e. The number of carbonyl (C=O) groups is 1. The third-order valence-electron chi connectivity index (χ3n) is 3.32. The maximum atomic E-state index is 12.2. The van der Waals surface area contributed by atoms with Gasteiger partial charge in [-0.3, -0.25) is 4.79 Å². The molecule has 110 valence electrons. The molecule has 1 aromatic heterocycles. The van der Waals surface area contributed by atoms with E-state index in [1.54, 1.807) is 6.92 Å². The summed E-state index contributed by atoms with van der Waals surface area (Å²) in [7, 11) is 0. The number of hydrogen-bond donors (Lipinski definition) is 1. The minimum atomic E-state index is -0.0401. The van der Waals surface area contributed by atoms with Crippen molar-refractivity contribution in [3.05, 3.63) is 17.8 Å².